The van der Waals surface area contributed by atoms with Crippen LogP contribution in [-0.4, -0.2) is 10.7 Å². The number of benzene rings is 2. The van der Waals surface area contributed by atoms with E-state index in [1.165, 1.54) is 10.8 Å². The van der Waals surface area contributed by atoms with Crippen LogP contribution in [0.2, 0.25) is 0 Å². The van der Waals surface area contributed by atoms with Gasteiger partial charge in [0.15, 0.2) is 0 Å². The Morgan fingerprint density at radius 2 is 1.80 bits per heavy atom. The van der Waals surface area contributed by atoms with Gasteiger partial charge in [0, 0.05) is 6.42 Å². The van der Waals surface area contributed by atoms with Crippen LogP contribution in [0.25, 0.3) is 10.8 Å². The molecule has 0 heterocycles. The van der Waals surface area contributed by atoms with Crippen LogP contribution in [0.3, 0.4) is 0 Å². The van der Waals surface area contributed by atoms with Crippen LogP contribution in [0.4, 0.5) is 0 Å². The second-order valence-electron chi connectivity index (χ2n) is 4.31. The van der Waals surface area contributed by atoms with Crippen molar-refractivity contribution >= 4 is 10.8 Å². The molecule has 77 valence electrons. The third-order valence-corrected chi connectivity index (χ3v) is 2.45. The molecule has 0 amide bonds. The van der Waals surface area contributed by atoms with E-state index in [0.717, 1.165) is 5.56 Å². The van der Waals surface area contributed by atoms with Gasteiger partial charge in [-0.1, -0.05) is 42.5 Å². The quantitative estimate of drug-likeness (QED) is 0.788. The molecule has 1 atom stereocenters. The highest BCUT2D eigenvalue weighted by atomic mass is 16.3. The zero-order valence-corrected chi connectivity index (χ0v) is 8.90. The van der Waals surface area contributed by atoms with Crippen molar-refractivity contribution in [3.63, 3.8) is 0 Å². The summed E-state index contributed by atoms with van der Waals surface area (Å²) in [6.07, 6.45) is 0.578. The smallest absolute Gasteiger partial charge is 0.0661 e. The van der Waals surface area contributed by atoms with Gasteiger partial charge in [-0.3, -0.25) is 0 Å². The molecule has 1 radical (unpaired) electrons. The summed E-state index contributed by atoms with van der Waals surface area (Å²) in [4.78, 5) is 0. The third kappa shape index (κ3) is 2.37. The molecule has 0 aromatic heterocycles. The zero-order valence-electron chi connectivity index (χ0n) is 8.90. The molecule has 0 fully saturated rings. The van der Waals surface area contributed by atoms with E-state index >= 15 is 0 Å². The summed E-state index contributed by atoms with van der Waals surface area (Å²) < 4.78 is 0. The third-order valence-electron chi connectivity index (χ3n) is 2.45. The number of aliphatic hydroxyl groups is 1. The summed E-state index contributed by atoms with van der Waals surface area (Å²) in [6, 6.07) is 14.3. The Bertz CT molecular complexity index is 461. The van der Waals surface area contributed by atoms with Gasteiger partial charge in [0.25, 0.3) is 0 Å². The molecule has 2 rings (SSSR count). The Kier molecular flexibility index (Phi) is 2.49. The van der Waals surface area contributed by atoms with E-state index in [9.17, 15) is 5.11 Å². The van der Waals surface area contributed by atoms with Gasteiger partial charge in [0.2, 0.25) is 0 Å². The second kappa shape index (κ2) is 3.67. The lowest BCUT2D eigenvalue weighted by Crippen LogP contribution is -2.22. The largest absolute Gasteiger partial charge is 0.390 e. The summed E-state index contributed by atoms with van der Waals surface area (Å²) in [7, 11) is 0. The molecule has 15 heavy (non-hydrogen) atoms. The summed E-state index contributed by atoms with van der Waals surface area (Å²) in [5, 5.41) is 12.1. The number of hydrogen-bond acceptors (Lipinski definition) is 1. The monoisotopic (exact) mass is 199 g/mol. The minimum absolute atomic E-state index is 0.578. The van der Waals surface area contributed by atoms with Gasteiger partial charge in [-0.05, 0) is 30.2 Å². The van der Waals surface area contributed by atoms with Crippen molar-refractivity contribution in [3.05, 3.63) is 55.0 Å². The van der Waals surface area contributed by atoms with Crippen molar-refractivity contribution < 1.29 is 5.11 Å². The molecule has 0 aliphatic rings. The summed E-state index contributed by atoms with van der Waals surface area (Å²) in [5.74, 6) is 0. The lowest BCUT2D eigenvalue weighted by atomic mass is 9.94. The Morgan fingerprint density at radius 1 is 1.13 bits per heavy atom. The summed E-state index contributed by atoms with van der Waals surface area (Å²) >= 11 is 0. The molecule has 1 nitrogen and oxygen atoms in total. The maximum Gasteiger partial charge on any atom is 0.0661 e. The van der Waals surface area contributed by atoms with Crippen molar-refractivity contribution in [2.75, 3.05) is 0 Å². The Morgan fingerprint density at radius 3 is 2.53 bits per heavy atom. The Hall–Kier alpha value is -1.34. The first-order chi connectivity index (χ1) is 7.06. The van der Waals surface area contributed by atoms with Crippen LogP contribution in [0.5, 0.6) is 0 Å². The molecule has 0 saturated heterocycles. The van der Waals surface area contributed by atoms with E-state index in [4.69, 9.17) is 0 Å². The van der Waals surface area contributed by atoms with E-state index < -0.39 is 5.60 Å². The van der Waals surface area contributed by atoms with Gasteiger partial charge in [-0.15, -0.1) is 0 Å². The lowest BCUT2D eigenvalue weighted by molar-refractivity contribution is 0.109. The van der Waals surface area contributed by atoms with Crippen LogP contribution in [0.1, 0.15) is 12.5 Å². The number of hydrogen-bond donors (Lipinski definition) is 1. The molecule has 2 aromatic carbocycles. The molecule has 1 unspecified atom stereocenters. The van der Waals surface area contributed by atoms with Gasteiger partial charge in [-0.2, -0.15) is 0 Å². The topological polar surface area (TPSA) is 20.2 Å². The van der Waals surface area contributed by atoms with Crippen molar-refractivity contribution in [3.8, 4) is 0 Å². The highest BCUT2D eigenvalue weighted by molar-refractivity contribution is 5.85. The van der Waals surface area contributed by atoms with Gasteiger partial charge in [0.1, 0.15) is 0 Å². The predicted octanol–water partition coefficient (Wildman–Crippen LogP) is 2.97. The van der Waals surface area contributed by atoms with Crippen molar-refractivity contribution in [2.24, 2.45) is 0 Å². The van der Waals surface area contributed by atoms with E-state index in [2.05, 4.69) is 25.1 Å². The van der Waals surface area contributed by atoms with Gasteiger partial charge in [-0.25, -0.2) is 0 Å². The highest BCUT2D eigenvalue weighted by Crippen LogP contribution is 2.22. The molecular weight excluding hydrogens is 184 g/mol. The SMILES string of the molecule is [CH2]C(C)(O)Cc1cccc2ccccc12. The molecule has 2 aromatic rings. The Balaban J connectivity index is 2.52. The Labute approximate surface area is 90.4 Å². The fourth-order valence-electron chi connectivity index (χ4n) is 1.86. The first kappa shape index (κ1) is 10.2. The van der Waals surface area contributed by atoms with Crippen molar-refractivity contribution in [2.45, 2.75) is 18.9 Å². The van der Waals surface area contributed by atoms with Crippen LogP contribution in [0.15, 0.2) is 42.5 Å². The van der Waals surface area contributed by atoms with E-state index in [1.807, 2.05) is 24.3 Å². The van der Waals surface area contributed by atoms with Crippen molar-refractivity contribution in [1.82, 2.24) is 0 Å². The number of fused-ring (bicyclic) bond motifs is 1. The zero-order chi connectivity index (χ0) is 10.9. The van der Waals surface area contributed by atoms with Crippen LogP contribution >= 0.6 is 0 Å². The van der Waals surface area contributed by atoms with Crippen LogP contribution < -0.4 is 0 Å². The first-order valence-corrected chi connectivity index (χ1v) is 5.11. The number of rotatable bonds is 2. The first-order valence-electron chi connectivity index (χ1n) is 5.11. The molecular formula is C14H15O. The van der Waals surface area contributed by atoms with Crippen LogP contribution in [0, 0.1) is 6.92 Å². The molecule has 0 spiro atoms. The maximum absolute atomic E-state index is 9.72. The molecule has 0 bridgehead atoms. The maximum atomic E-state index is 9.72. The predicted molar refractivity (Wildman–Crippen MR) is 63.6 cm³/mol. The standard InChI is InChI=1S/C14H15O/c1-14(2,15)10-12-8-5-7-11-6-3-4-9-13(11)12/h3-9,15H,1,10H2,2H3. The normalized spacial score (nSPS) is 11.9. The van der Waals surface area contributed by atoms with Gasteiger partial charge in [0.05, 0.1) is 5.60 Å². The summed E-state index contributed by atoms with van der Waals surface area (Å²) in [5.41, 5.74) is 0.248. The van der Waals surface area contributed by atoms with Gasteiger partial charge < -0.3 is 5.11 Å². The lowest BCUT2D eigenvalue weighted by Gasteiger charge is -2.18. The van der Waals surface area contributed by atoms with Crippen LogP contribution in [-0.2, 0) is 6.42 Å². The van der Waals surface area contributed by atoms with Gasteiger partial charge >= 0.3 is 0 Å². The summed E-state index contributed by atoms with van der Waals surface area (Å²) in [6.45, 7) is 5.46. The van der Waals surface area contributed by atoms with E-state index in [-0.39, 0.29) is 0 Å². The fourth-order valence-corrected chi connectivity index (χ4v) is 1.86. The molecule has 1 heteroatoms. The van der Waals surface area contributed by atoms with E-state index in [0.29, 0.717) is 6.42 Å². The molecule has 0 aliphatic heterocycles. The minimum atomic E-state index is -0.899. The molecule has 0 aliphatic carbocycles. The molecule has 0 saturated carbocycles. The van der Waals surface area contributed by atoms with E-state index in [1.54, 1.807) is 6.92 Å². The average Bonchev–Trinajstić information content (AvgIpc) is 2.16. The molecule has 1 N–H and O–H groups in total. The van der Waals surface area contributed by atoms with Crippen molar-refractivity contribution in [1.29, 1.82) is 0 Å². The fraction of sp³-hybridized carbons (Fsp3) is 0.214. The minimum Gasteiger partial charge on any atom is -0.390 e. The average molecular weight is 199 g/mol. The second-order valence-corrected chi connectivity index (χ2v) is 4.31. The highest BCUT2D eigenvalue weighted by Gasteiger charge is 2.14.